The number of thiazole rings is 1. The second-order valence-electron chi connectivity index (χ2n) is 4.58. The third-order valence-corrected chi connectivity index (χ3v) is 3.88. The summed E-state index contributed by atoms with van der Waals surface area (Å²) in [4.78, 5) is 18.0. The zero-order valence-electron chi connectivity index (χ0n) is 12.6. The number of ether oxygens (including phenoxy) is 2. The SMILES string of the molecule is CCCc1nc(CN(CCOC)CCC(=O)OC)cs1. The summed E-state index contributed by atoms with van der Waals surface area (Å²) in [7, 11) is 3.10. The van der Waals surface area contributed by atoms with Crippen molar-refractivity contribution in [3.8, 4) is 0 Å². The number of methoxy groups -OCH3 is 2. The molecule has 0 aliphatic rings. The summed E-state index contributed by atoms with van der Waals surface area (Å²) in [5.41, 5.74) is 1.07. The van der Waals surface area contributed by atoms with Crippen LogP contribution in [0.15, 0.2) is 5.38 Å². The lowest BCUT2D eigenvalue weighted by atomic mass is 10.3. The van der Waals surface area contributed by atoms with Crippen LogP contribution in [0, 0.1) is 0 Å². The lowest BCUT2D eigenvalue weighted by molar-refractivity contribution is -0.141. The first-order chi connectivity index (χ1) is 9.69. The molecule has 0 saturated carbocycles. The Hall–Kier alpha value is -0.980. The average molecular weight is 300 g/mol. The van der Waals surface area contributed by atoms with Gasteiger partial charge >= 0.3 is 5.97 Å². The van der Waals surface area contributed by atoms with Crippen LogP contribution >= 0.6 is 11.3 Å². The normalized spacial score (nSPS) is 11.0. The molecule has 0 amide bonds. The first-order valence-corrected chi connectivity index (χ1v) is 7.79. The number of rotatable bonds is 10. The monoisotopic (exact) mass is 300 g/mol. The van der Waals surface area contributed by atoms with Crippen LogP contribution in [0.4, 0.5) is 0 Å². The fraction of sp³-hybridized carbons (Fsp3) is 0.714. The summed E-state index contributed by atoms with van der Waals surface area (Å²) in [5.74, 6) is -0.183. The molecule has 20 heavy (non-hydrogen) atoms. The lowest BCUT2D eigenvalue weighted by Crippen LogP contribution is -2.29. The third kappa shape index (κ3) is 6.45. The van der Waals surface area contributed by atoms with Gasteiger partial charge in [-0.05, 0) is 12.8 Å². The van der Waals surface area contributed by atoms with Gasteiger partial charge in [0.25, 0.3) is 0 Å². The van der Waals surface area contributed by atoms with Gasteiger partial charge in [0.15, 0.2) is 0 Å². The zero-order chi connectivity index (χ0) is 14.8. The van der Waals surface area contributed by atoms with Gasteiger partial charge in [0.05, 0.1) is 30.8 Å². The van der Waals surface area contributed by atoms with Crippen molar-refractivity contribution in [3.63, 3.8) is 0 Å². The van der Waals surface area contributed by atoms with Crippen LogP contribution in [-0.4, -0.2) is 49.8 Å². The van der Waals surface area contributed by atoms with Crippen molar-refractivity contribution in [2.75, 3.05) is 33.9 Å². The second-order valence-corrected chi connectivity index (χ2v) is 5.52. The van der Waals surface area contributed by atoms with E-state index >= 15 is 0 Å². The summed E-state index contributed by atoms with van der Waals surface area (Å²) >= 11 is 1.71. The van der Waals surface area contributed by atoms with E-state index in [1.54, 1.807) is 18.4 Å². The number of hydrogen-bond acceptors (Lipinski definition) is 6. The molecule has 0 unspecified atom stereocenters. The second kappa shape index (κ2) is 9.85. The van der Waals surface area contributed by atoms with E-state index in [2.05, 4.69) is 26.9 Å². The summed E-state index contributed by atoms with van der Waals surface area (Å²) in [6.07, 6.45) is 2.54. The molecule has 0 bridgehead atoms. The van der Waals surface area contributed by atoms with E-state index in [1.165, 1.54) is 12.1 Å². The van der Waals surface area contributed by atoms with Crippen LogP contribution in [0.2, 0.25) is 0 Å². The van der Waals surface area contributed by atoms with E-state index in [4.69, 9.17) is 4.74 Å². The van der Waals surface area contributed by atoms with Crippen molar-refractivity contribution in [3.05, 3.63) is 16.1 Å². The fourth-order valence-corrected chi connectivity index (χ4v) is 2.71. The number of nitrogens with zero attached hydrogens (tertiary/aromatic N) is 2. The Morgan fingerprint density at radius 1 is 1.40 bits per heavy atom. The van der Waals surface area contributed by atoms with Crippen molar-refractivity contribution in [1.29, 1.82) is 0 Å². The molecule has 5 nitrogen and oxygen atoms in total. The number of hydrogen-bond donors (Lipinski definition) is 0. The highest BCUT2D eigenvalue weighted by atomic mass is 32.1. The molecule has 0 aliphatic carbocycles. The van der Waals surface area contributed by atoms with Crippen molar-refractivity contribution in [2.45, 2.75) is 32.7 Å². The quantitative estimate of drug-likeness (QED) is 0.619. The Labute approximate surface area is 124 Å². The highest BCUT2D eigenvalue weighted by Crippen LogP contribution is 2.13. The molecule has 0 aliphatic heterocycles. The van der Waals surface area contributed by atoms with Crippen molar-refractivity contribution in [2.24, 2.45) is 0 Å². The van der Waals surface area contributed by atoms with Crippen LogP contribution in [0.3, 0.4) is 0 Å². The van der Waals surface area contributed by atoms with Gasteiger partial charge in [-0.15, -0.1) is 11.3 Å². The Morgan fingerprint density at radius 2 is 2.20 bits per heavy atom. The highest BCUT2D eigenvalue weighted by Gasteiger charge is 2.11. The maximum atomic E-state index is 11.2. The molecule has 0 atom stereocenters. The summed E-state index contributed by atoms with van der Waals surface area (Å²) in [6.45, 7) is 5.00. The first-order valence-electron chi connectivity index (χ1n) is 6.91. The van der Waals surface area contributed by atoms with Crippen LogP contribution in [0.5, 0.6) is 0 Å². The number of carbonyl (C=O) groups is 1. The highest BCUT2D eigenvalue weighted by molar-refractivity contribution is 7.09. The van der Waals surface area contributed by atoms with Gasteiger partial charge < -0.3 is 9.47 Å². The summed E-state index contributed by atoms with van der Waals surface area (Å²) in [5, 5.41) is 3.28. The van der Waals surface area contributed by atoms with Gasteiger partial charge in [-0.25, -0.2) is 4.98 Å². The van der Waals surface area contributed by atoms with Gasteiger partial charge in [-0.3, -0.25) is 9.69 Å². The molecule has 0 spiro atoms. The number of aromatic nitrogens is 1. The number of aryl methyl sites for hydroxylation is 1. The van der Waals surface area contributed by atoms with E-state index in [0.29, 0.717) is 19.6 Å². The van der Waals surface area contributed by atoms with Crippen LogP contribution in [0.1, 0.15) is 30.5 Å². The Morgan fingerprint density at radius 3 is 2.85 bits per heavy atom. The molecule has 114 valence electrons. The molecule has 1 rings (SSSR count). The molecule has 0 aromatic carbocycles. The van der Waals surface area contributed by atoms with E-state index in [9.17, 15) is 4.79 Å². The average Bonchev–Trinajstić information content (AvgIpc) is 2.89. The minimum absolute atomic E-state index is 0.183. The number of carbonyl (C=O) groups excluding carboxylic acids is 1. The standard InChI is InChI=1S/C14H24N2O3S/c1-4-5-13-15-12(11-20-13)10-16(8-9-18-2)7-6-14(17)19-3/h11H,4-10H2,1-3H3. The van der Waals surface area contributed by atoms with Crippen LogP contribution < -0.4 is 0 Å². The minimum atomic E-state index is -0.183. The molecular weight excluding hydrogens is 276 g/mol. The zero-order valence-corrected chi connectivity index (χ0v) is 13.4. The molecule has 0 fully saturated rings. The van der Waals surface area contributed by atoms with Gasteiger partial charge in [0.2, 0.25) is 0 Å². The van der Waals surface area contributed by atoms with Gasteiger partial charge in [-0.1, -0.05) is 6.92 Å². The van der Waals surface area contributed by atoms with E-state index in [-0.39, 0.29) is 5.97 Å². The van der Waals surface area contributed by atoms with Crippen LogP contribution in [-0.2, 0) is 27.2 Å². The van der Waals surface area contributed by atoms with Crippen molar-refractivity contribution < 1.29 is 14.3 Å². The largest absolute Gasteiger partial charge is 0.469 e. The smallest absolute Gasteiger partial charge is 0.306 e. The summed E-state index contributed by atoms with van der Waals surface area (Å²) in [6, 6.07) is 0. The molecule has 0 N–H and O–H groups in total. The van der Waals surface area contributed by atoms with Crippen molar-refractivity contribution in [1.82, 2.24) is 9.88 Å². The van der Waals surface area contributed by atoms with Gasteiger partial charge in [-0.2, -0.15) is 0 Å². The molecule has 1 heterocycles. The van der Waals surface area contributed by atoms with Crippen molar-refractivity contribution >= 4 is 17.3 Å². The topological polar surface area (TPSA) is 51.7 Å². The maximum absolute atomic E-state index is 11.2. The molecule has 1 aromatic heterocycles. The summed E-state index contributed by atoms with van der Waals surface area (Å²) < 4.78 is 9.79. The van der Waals surface area contributed by atoms with E-state index < -0.39 is 0 Å². The fourth-order valence-electron chi connectivity index (χ4n) is 1.82. The third-order valence-electron chi connectivity index (χ3n) is 2.92. The Balaban J connectivity index is 2.50. The molecule has 0 saturated heterocycles. The lowest BCUT2D eigenvalue weighted by Gasteiger charge is -2.20. The van der Waals surface area contributed by atoms with Gasteiger partial charge in [0.1, 0.15) is 0 Å². The Bertz CT molecular complexity index is 396. The molecular formula is C14H24N2O3S. The van der Waals surface area contributed by atoms with E-state index in [1.807, 2.05) is 0 Å². The molecule has 1 aromatic rings. The minimum Gasteiger partial charge on any atom is -0.469 e. The van der Waals surface area contributed by atoms with Gasteiger partial charge in [0, 0.05) is 32.1 Å². The molecule has 0 radical (unpaired) electrons. The van der Waals surface area contributed by atoms with E-state index in [0.717, 1.165) is 31.6 Å². The number of esters is 1. The molecule has 6 heteroatoms. The predicted octanol–water partition coefficient (Wildman–Crippen LogP) is 2.11. The Kier molecular flexibility index (Phi) is 8.41. The first kappa shape index (κ1) is 17.1. The maximum Gasteiger partial charge on any atom is 0.306 e. The predicted molar refractivity (Wildman–Crippen MR) is 79.9 cm³/mol. The van der Waals surface area contributed by atoms with Crippen LogP contribution in [0.25, 0.3) is 0 Å².